The average molecular weight is 213 g/mol. The van der Waals surface area contributed by atoms with Crippen LogP contribution in [0, 0.1) is 5.92 Å². The molecule has 5 heteroatoms. The van der Waals surface area contributed by atoms with E-state index in [0.29, 0.717) is 17.0 Å². The van der Waals surface area contributed by atoms with E-state index in [9.17, 15) is 5.11 Å². The number of nitrogens with two attached hydrogens (primary N) is 1. The van der Waals surface area contributed by atoms with Gasteiger partial charge in [0.15, 0.2) is 0 Å². The first-order chi connectivity index (χ1) is 6.65. The highest BCUT2D eigenvalue weighted by molar-refractivity contribution is 7.11. The number of nitrogens with zero attached hydrogens (tertiary/aromatic N) is 2. The Hall–Kier alpha value is -0.520. The van der Waals surface area contributed by atoms with Crippen LogP contribution < -0.4 is 5.73 Å². The highest BCUT2D eigenvalue weighted by atomic mass is 32.1. The van der Waals surface area contributed by atoms with E-state index in [1.165, 1.54) is 11.3 Å². The predicted octanol–water partition coefficient (Wildman–Crippen LogP) is 0.871. The monoisotopic (exact) mass is 213 g/mol. The molecule has 1 aromatic heterocycles. The van der Waals surface area contributed by atoms with Crippen molar-refractivity contribution < 1.29 is 5.11 Å². The molecular formula is C9H15N3OS. The molecule has 1 fully saturated rings. The van der Waals surface area contributed by atoms with Crippen molar-refractivity contribution in [3.05, 3.63) is 10.0 Å². The molecule has 0 spiro atoms. The third kappa shape index (κ3) is 2.10. The van der Waals surface area contributed by atoms with Crippen molar-refractivity contribution in [2.45, 2.75) is 38.3 Å². The van der Waals surface area contributed by atoms with Crippen molar-refractivity contribution >= 4 is 11.3 Å². The number of aromatic nitrogens is 2. The first-order valence-electron chi connectivity index (χ1n) is 4.91. The van der Waals surface area contributed by atoms with E-state index in [2.05, 4.69) is 10.2 Å². The summed E-state index contributed by atoms with van der Waals surface area (Å²) < 4.78 is 0. The molecule has 0 unspecified atom stereocenters. The van der Waals surface area contributed by atoms with Crippen molar-refractivity contribution in [1.82, 2.24) is 10.2 Å². The minimum Gasteiger partial charge on any atom is -0.386 e. The topological polar surface area (TPSA) is 72.0 Å². The van der Waals surface area contributed by atoms with Crippen molar-refractivity contribution in [3.8, 4) is 0 Å². The molecule has 0 amide bonds. The first-order valence-corrected chi connectivity index (χ1v) is 5.72. The van der Waals surface area contributed by atoms with Gasteiger partial charge in [0, 0.05) is 12.5 Å². The van der Waals surface area contributed by atoms with Crippen LogP contribution in [0.4, 0.5) is 0 Å². The van der Waals surface area contributed by atoms with Crippen LogP contribution in [-0.4, -0.2) is 21.3 Å². The Morgan fingerprint density at radius 1 is 1.57 bits per heavy atom. The normalized spacial score (nSPS) is 28.5. The Morgan fingerprint density at radius 3 is 2.79 bits per heavy atom. The second kappa shape index (κ2) is 3.92. The van der Waals surface area contributed by atoms with Gasteiger partial charge in [-0.15, -0.1) is 10.2 Å². The second-order valence-electron chi connectivity index (χ2n) is 4.01. The molecule has 1 aliphatic rings. The quantitative estimate of drug-likeness (QED) is 0.781. The summed E-state index contributed by atoms with van der Waals surface area (Å²) in [4.78, 5) is 0. The number of rotatable bonds is 3. The molecule has 78 valence electrons. The van der Waals surface area contributed by atoms with Crippen molar-refractivity contribution in [1.29, 1.82) is 0 Å². The average Bonchev–Trinajstić information content (AvgIpc) is 2.50. The Morgan fingerprint density at radius 2 is 2.29 bits per heavy atom. The number of aliphatic hydroxyl groups is 1. The summed E-state index contributed by atoms with van der Waals surface area (Å²) in [6.07, 6.45) is 2.68. The summed E-state index contributed by atoms with van der Waals surface area (Å²) in [6.45, 7) is 1.71. The van der Waals surface area contributed by atoms with Gasteiger partial charge in [-0.05, 0) is 25.7 Å². The third-order valence-electron chi connectivity index (χ3n) is 2.58. The van der Waals surface area contributed by atoms with Crippen molar-refractivity contribution in [3.63, 3.8) is 0 Å². The van der Waals surface area contributed by atoms with Gasteiger partial charge in [-0.2, -0.15) is 0 Å². The molecule has 0 bridgehead atoms. The van der Waals surface area contributed by atoms with E-state index in [1.807, 2.05) is 0 Å². The Kier molecular flexibility index (Phi) is 2.80. The van der Waals surface area contributed by atoms with Crippen molar-refractivity contribution in [2.75, 3.05) is 0 Å². The zero-order chi connectivity index (χ0) is 10.1. The molecule has 1 aliphatic carbocycles. The van der Waals surface area contributed by atoms with Gasteiger partial charge in [-0.25, -0.2) is 0 Å². The van der Waals surface area contributed by atoms with Crippen LogP contribution in [0.5, 0.6) is 0 Å². The van der Waals surface area contributed by atoms with Crippen molar-refractivity contribution in [2.24, 2.45) is 11.7 Å². The zero-order valence-electron chi connectivity index (χ0n) is 8.18. The molecule has 1 saturated carbocycles. The van der Waals surface area contributed by atoms with Gasteiger partial charge in [0.05, 0.1) is 0 Å². The number of hydrogen-bond acceptors (Lipinski definition) is 5. The van der Waals surface area contributed by atoms with Gasteiger partial charge >= 0.3 is 0 Å². The molecule has 0 radical (unpaired) electrons. The smallest absolute Gasteiger partial charge is 0.145 e. The Balaban J connectivity index is 1.90. The van der Waals surface area contributed by atoms with Crippen LogP contribution in [0.1, 0.15) is 35.9 Å². The summed E-state index contributed by atoms with van der Waals surface area (Å²) in [5.41, 5.74) is 5.70. The predicted molar refractivity (Wildman–Crippen MR) is 54.9 cm³/mol. The number of aliphatic hydroxyl groups excluding tert-OH is 1. The molecule has 14 heavy (non-hydrogen) atoms. The molecule has 0 saturated heterocycles. The van der Waals surface area contributed by atoms with E-state index >= 15 is 0 Å². The van der Waals surface area contributed by atoms with Gasteiger partial charge in [0.2, 0.25) is 0 Å². The van der Waals surface area contributed by atoms with Gasteiger partial charge in [-0.3, -0.25) is 0 Å². The maximum atomic E-state index is 9.27. The molecular weight excluding hydrogens is 198 g/mol. The lowest BCUT2D eigenvalue weighted by Gasteiger charge is -2.31. The van der Waals surface area contributed by atoms with E-state index in [4.69, 9.17) is 5.73 Å². The maximum Gasteiger partial charge on any atom is 0.145 e. The van der Waals surface area contributed by atoms with Gasteiger partial charge in [0.1, 0.15) is 16.1 Å². The molecule has 2 rings (SSSR count). The summed E-state index contributed by atoms with van der Waals surface area (Å²) in [5, 5.41) is 19.0. The summed E-state index contributed by atoms with van der Waals surface area (Å²) in [6, 6.07) is 0.393. The van der Waals surface area contributed by atoms with Crippen LogP contribution >= 0.6 is 11.3 Å². The SMILES string of the molecule is C[C@H](O)c1nnc(C[C@H]2C[C@H](N)C2)s1. The maximum absolute atomic E-state index is 9.27. The zero-order valence-corrected chi connectivity index (χ0v) is 9.00. The fourth-order valence-corrected chi connectivity index (χ4v) is 2.61. The highest BCUT2D eigenvalue weighted by Gasteiger charge is 2.27. The van der Waals surface area contributed by atoms with E-state index in [1.54, 1.807) is 6.92 Å². The summed E-state index contributed by atoms with van der Waals surface area (Å²) in [5.74, 6) is 0.680. The van der Waals surface area contributed by atoms with Crippen LogP contribution in [-0.2, 0) is 6.42 Å². The minimum atomic E-state index is -0.495. The molecule has 0 aromatic carbocycles. The van der Waals surface area contributed by atoms with E-state index < -0.39 is 6.10 Å². The third-order valence-corrected chi connectivity index (χ3v) is 3.69. The van der Waals surface area contributed by atoms with E-state index in [-0.39, 0.29) is 0 Å². The van der Waals surface area contributed by atoms with Gasteiger partial charge in [-0.1, -0.05) is 11.3 Å². The van der Waals surface area contributed by atoms with Gasteiger partial charge < -0.3 is 10.8 Å². The largest absolute Gasteiger partial charge is 0.386 e. The molecule has 1 heterocycles. The fourth-order valence-electron chi connectivity index (χ4n) is 1.72. The highest BCUT2D eigenvalue weighted by Crippen LogP contribution is 2.30. The Labute approximate surface area is 87.2 Å². The molecule has 0 aliphatic heterocycles. The lowest BCUT2D eigenvalue weighted by Crippen LogP contribution is -2.37. The van der Waals surface area contributed by atoms with Crippen LogP contribution in [0.15, 0.2) is 0 Å². The molecule has 1 atom stereocenters. The lowest BCUT2D eigenvalue weighted by molar-refractivity contribution is 0.198. The summed E-state index contributed by atoms with van der Waals surface area (Å²) >= 11 is 1.51. The first kappa shape index (κ1) is 10.0. The van der Waals surface area contributed by atoms with Crippen LogP contribution in [0.25, 0.3) is 0 Å². The summed E-state index contributed by atoms with van der Waals surface area (Å²) in [7, 11) is 0. The van der Waals surface area contributed by atoms with Gasteiger partial charge in [0.25, 0.3) is 0 Å². The molecule has 3 N–H and O–H groups in total. The second-order valence-corrected chi connectivity index (χ2v) is 5.11. The molecule has 1 aromatic rings. The lowest BCUT2D eigenvalue weighted by atomic mass is 9.79. The Bertz CT molecular complexity index is 307. The number of hydrogen-bond donors (Lipinski definition) is 2. The molecule has 4 nitrogen and oxygen atoms in total. The minimum absolute atomic E-state index is 0.393. The van der Waals surface area contributed by atoms with E-state index in [0.717, 1.165) is 24.3 Å². The van der Waals surface area contributed by atoms with Crippen LogP contribution in [0.3, 0.4) is 0 Å². The standard InChI is InChI=1S/C9H15N3OS/c1-5(13)9-12-11-8(14-9)4-6-2-7(10)3-6/h5-7,13H,2-4,10H2,1H3/t5-,6-,7-/m0/s1. The van der Waals surface area contributed by atoms with Crippen LogP contribution in [0.2, 0.25) is 0 Å². The fraction of sp³-hybridized carbons (Fsp3) is 0.778.